The number of hydrogen-bond acceptors (Lipinski definition) is 4. The van der Waals surface area contributed by atoms with Gasteiger partial charge in [0.05, 0.1) is 24.4 Å². The fraction of sp³-hybridized carbons (Fsp3) is 0.429. The number of carboxylic acid groups (broad SMARTS) is 1. The lowest BCUT2D eigenvalue weighted by molar-refractivity contribution is -0.137. The number of rotatable bonds is 8. The fourth-order valence-electron chi connectivity index (χ4n) is 1.73. The van der Waals surface area contributed by atoms with Crippen LogP contribution in [0, 0.1) is 0 Å². The van der Waals surface area contributed by atoms with Crippen LogP contribution in [0.15, 0.2) is 16.6 Å². The van der Waals surface area contributed by atoms with Crippen molar-refractivity contribution in [2.45, 2.75) is 25.7 Å². The van der Waals surface area contributed by atoms with Gasteiger partial charge in [-0.3, -0.25) is 9.59 Å². The summed E-state index contributed by atoms with van der Waals surface area (Å²) < 4.78 is 11.1. The third kappa shape index (κ3) is 5.63. The van der Waals surface area contributed by atoms with E-state index < -0.39 is 5.97 Å². The topological polar surface area (TPSA) is 84.9 Å². The Kier molecular flexibility index (Phi) is 7.01. The van der Waals surface area contributed by atoms with Crippen LogP contribution in [-0.2, 0) is 9.59 Å². The van der Waals surface area contributed by atoms with Gasteiger partial charge in [0.1, 0.15) is 11.5 Å². The van der Waals surface area contributed by atoms with Crippen molar-refractivity contribution in [3.05, 3.63) is 16.6 Å². The molecule has 116 valence electrons. The van der Waals surface area contributed by atoms with Gasteiger partial charge in [-0.15, -0.1) is 0 Å². The molecule has 0 heterocycles. The third-order valence-electron chi connectivity index (χ3n) is 2.79. The highest BCUT2D eigenvalue weighted by molar-refractivity contribution is 9.10. The van der Waals surface area contributed by atoms with Gasteiger partial charge >= 0.3 is 5.97 Å². The predicted octanol–water partition coefficient (Wildman–Crippen LogP) is 3.05. The molecule has 0 bridgehead atoms. The molecule has 0 aliphatic carbocycles. The number of nitrogens with one attached hydrogen (secondary N) is 1. The van der Waals surface area contributed by atoms with Crippen molar-refractivity contribution in [1.82, 2.24) is 0 Å². The zero-order chi connectivity index (χ0) is 15.8. The summed E-state index contributed by atoms with van der Waals surface area (Å²) in [6.07, 6.45) is 1.34. The Labute approximate surface area is 131 Å². The number of carbonyl (C=O) groups is 2. The number of aliphatic carboxylic acids is 1. The number of anilines is 1. The number of amides is 1. The van der Waals surface area contributed by atoms with Crippen molar-refractivity contribution in [3.8, 4) is 11.5 Å². The Balaban J connectivity index is 2.63. The van der Waals surface area contributed by atoms with Gasteiger partial charge in [-0.1, -0.05) is 0 Å². The van der Waals surface area contributed by atoms with Gasteiger partial charge < -0.3 is 19.9 Å². The van der Waals surface area contributed by atoms with Gasteiger partial charge in [0, 0.05) is 18.9 Å². The molecule has 0 saturated carbocycles. The number of benzene rings is 1. The van der Waals surface area contributed by atoms with Crippen LogP contribution in [0.1, 0.15) is 25.7 Å². The Hall–Kier alpha value is -1.76. The molecular formula is C14H18BrNO5. The smallest absolute Gasteiger partial charge is 0.303 e. The molecule has 21 heavy (non-hydrogen) atoms. The molecule has 1 amide bonds. The molecular weight excluding hydrogens is 342 g/mol. The lowest BCUT2D eigenvalue weighted by Crippen LogP contribution is -2.12. The van der Waals surface area contributed by atoms with E-state index in [9.17, 15) is 9.59 Å². The Bertz CT molecular complexity index is 518. The molecule has 1 rings (SSSR count). The first-order valence-electron chi connectivity index (χ1n) is 6.41. The molecule has 1 aromatic carbocycles. The molecule has 0 fully saturated rings. The second kappa shape index (κ2) is 8.51. The van der Waals surface area contributed by atoms with Crippen molar-refractivity contribution in [1.29, 1.82) is 0 Å². The molecule has 0 radical (unpaired) electrons. The number of ether oxygens (including phenoxy) is 2. The molecule has 1 aromatic rings. The summed E-state index contributed by atoms with van der Waals surface area (Å²) in [6.45, 7) is 0. The summed E-state index contributed by atoms with van der Waals surface area (Å²) in [6, 6.07) is 3.37. The van der Waals surface area contributed by atoms with Crippen molar-refractivity contribution < 1.29 is 24.2 Å². The van der Waals surface area contributed by atoms with E-state index in [2.05, 4.69) is 21.2 Å². The number of carbonyl (C=O) groups excluding carboxylic acids is 1. The van der Waals surface area contributed by atoms with E-state index in [0.29, 0.717) is 34.5 Å². The Morgan fingerprint density at radius 1 is 1.14 bits per heavy atom. The summed E-state index contributed by atoms with van der Waals surface area (Å²) in [5, 5.41) is 11.3. The summed E-state index contributed by atoms with van der Waals surface area (Å²) in [5.41, 5.74) is 0.536. The van der Waals surface area contributed by atoms with Crippen LogP contribution in [0.4, 0.5) is 5.69 Å². The lowest BCUT2D eigenvalue weighted by atomic mass is 10.2. The third-order valence-corrected chi connectivity index (χ3v) is 3.41. The van der Waals surface area contributed by atoms with Gasteiger partial charge in [0.25, 0.3) is 0 Å². The molecule has 0 atom stereocenters. The number of methoxy groups -OCH3 is 2. The molecule has 0 saturated heterocycles. The van der Waals surface area contributed by atoms with Gasteiger partial charge in [-0.25, -0.2) is 0 Å². The van der Waals surface area contributed by atoms with Crippen LogP contribution in [-0.4, -0.2) is 31.2 Å². The van der Waals surface area contributed by atoms with Crippen LogP contribution in [0.25, 0.3) is 0 Å². The van der Waals surface area contributed by atoms with Crippen molar-refractivity contribution >= 4 is 33.5 Å². The SMILES string of the molecule is COc1cc(OC)c(NC(=O)CCCCC(=O)O)cc1Br. The number of carboxylic acids is 1. The van der Waals surface area contributed by atoms with Crippen molar-refractivity contribution in [2.24, 2.45) is 0 Å². The number of halogens is 1. The number of unbranched alkanes of at least 4 members (excludes halogenated alkanes) is 1. The van der Waals surface area contributed by atoms with Crippen LogP contribution in [0.2, 0.25) is 0 Å². The maximum Gasteiger partial charge on any atom is 0.303 e. The molecule has 0 spiro atoms. The van der Waals surface area contributed by atoms with Crippen LogP contribution in [0.5, 0.6) is 11.5 Å². The largest absolute Gasteiger partial charge is 0.495 e. The fourth-order valence-corrected chi connectivity index (χ4v) is 2.24. The molecule has 7 heteroatoms. The maximum absolute atomic E-state index is 11.8. The summed E-state index contributed by atoms with van der Waals surface area (Å²) in [4.78, 5) is 22.2. The van der Waals surface area contributed by atoms with E-state index >= 15 is 0 Å². The van der Waals surface area contributed by atoms with Gasteiger partial charge in [0.2, 0.25) is 5.91 Å². The van der Waals surface area contributed by atoms with E-state index in [0.717, 1.165) is 0 Å². The minimum absolute atomic E-state index is 0.0741. The van der Waals surface area contributed by atoms with Crippen molar-refractivity contribution in [3.63, 3.8) is 0 Å². The van der Waals surface area contributed by atoms with Crippen LogP contribution in [0.3, 0.4) is 0 Å². The zero-order valence-electron chi connectivity index (χ0n) is 11.9. The molecule has 0 aliphatic heterocycles. The second-order valence-electron chi connectivity index (χ2n) is 4.34. The van der Waals surface area contributed by atoms with Crippen LogP contribution >= 0.6 is 15.9 Å². The van der Waals surface area contributed by atoms with E-state index in [-0.39, 0.29) is 18.7 Å². The highest BCUT2D eigenvalue weighted by Gasteiger charge is 2.12. The van der Waals surface area contributed by atoms with E-state index in [1.54, 1.807) is 19.2 Å². The van der Waals surface area contributed by atoms with Gasteiger partial charge in [0.15, 0.2) is 0 Å². The number of hydrogen-bond donors (Lipinski definition) is 2. The molecule has 0 aromatic heterocycles. The minimum Gasteiger partial charge on any atom is -0.495 e. The molecule has 2 N–H and O–H groups in total. The van der Waals surface area contributed by atoms with E-state index in [1.807, 2.05) is 0 Å². The first-order valence-corrected chi connectivity index (χ1v) is 7.20. The van der Waals surface area contributed by atoms with Gasteiger partial charge in [-0.05, 0) is 34.8 Å². The molecule has 0 aliphatic rings. The highest BCUT2D eigenvalue weighted by atomic mass is 79.9. The average molecular weight is 360 g/mol. The standard InChI is InChI=1S/C14H18BrNO5/c1-20-11-8-12(21-2)10(7-9(11)15)16-13(17)5-3-4-6-14(18)19/h7-8H,3-6H2,1-2H3,(H,16,17)(H,18,19). The predicted molar refractivity (Wildman–Crippen MR) is 82.0 cm³/mol. The monoisotopic (exact) mass is 359 g/mol. The summed E-state index contributed by atoms with van der Waals surface area (Å²) >= 11 is 3.34. The quantitative estimate of drug-likeness (QED) is 0.696. The summed E-state index contributed by atoms with van der Waals surface area (Å²) in [5.74, 6) is 0.0622. The second-order valence-corrected chi connectivity index (χ2v) is 5.19. The Morgan fingerprint density at radius 3 is 2.33 bits per heavy atom. The van der Waals surface area contributed by atoms with E-state index in [1.165, 1.54) is 7.11 Å². The molecule has 6 nitrogen and oxygen atoms in total. The van der Waals surface area contributed by atoms with Crippen molar-refractivity contribution in [2.75, 3.05) is 19.5 Å². The highest BCUT2D eigenvalue weighted by Crippen LogP contribution is 2.36. The zero-order valence-corrected chi connectivity index (χ0v) is 13.5. The first kappa shape index (κ1) is 17.3. The average Bonchev–Trinajstić information content (AvgIpc) is 2.43. The maximum atomic E-state index is 11.8. The van der Waals surface area contributed by atoms with Gasteiger partial charge in [-0.2, -0.15) is 0 Å². The first-order chi connectivity index (χ1) is 9.97. The summed E-state index contributed by atoms with van der Waals surface area (Å²) in [7, 11) is 3.05. The molecule has 0 unspecified atom stereocenters. The van der Waals surface area contributed by atoms with Crippen LogP contribution < -0.4 is 14.8 Å². The Morgan fingerprint density at radius 2 is 1.76 bits per heavy atom. The van der Waals surface area contributed by atoms with E-state index in [4.69, 9.17) is 14.6 Å². The minimum atomic E-state index is -0.851. The normalized spacial score (nSPS) is 10.0. The lowest BCUT2D eigenvalue weighted by Gasteiger charge is -2.13.